The van der Waals surface area contributed by atoms with Crippen molar-refractivity contribution in [3.05, 3.63) is 106 Å². The Morgan fingerprint density at radius 2 is 1.85 bits per heavy atom. The number of halogens is 1. The van der Waals surface area contributed by atoms with E-state index in [1.807, 2.05) is 84.9 Å². The summed E-state index contributed by atoms with van der Waals surface area (Å²) >= 11 is 7.44. The lowest BCUT2D eigenvalue weighted by molar-refractivity contribution is -0.116. The number of methoxy groups -OCH3 is 1. The fraction of sp³-hybridized carbons (Fsp3) is 0.115. The third-order valence-corrected chi connectivity index (χ3v) is 6.60. The van der Waals surface area contributed by atoms with Gasteiger partial charge in [-0.05, 0) is 47.5 Å². The molecular weight excluding hydrogens is 468 g/mol. The number of nitrogens with one attached hydrogen (secondary N) is 1. The highest BCUT2D eigenvalue weighted by atomic mass is 35.5. The summed E-state index contributed by atoms with van der Waals surface area (Å²) in [6, 6.07) is 23.0. The first-order valence-corrected chi connectivity index (χ1v) is 12.0. The van der Waals surface area contributed by atoms with E-state index in [0.29, 0.717) is 21.6 Å². The lowest BCUT2D eigenvalue weighted by atomic mass is 10.1. The second-order valence-corrected chi connectivity index (χ2v) is 9.06. The van der Waals surface area contributed by atoms with Gasteiger partial charge in [-0.3, -0.25) is 15.1 Å². The van der Waals surface area contributed by atoms with Crippen molar-refractivity contribution >= 4 is 46.2 Å². The Bertz CT molecular complexity index is 1400. The van der Waals surface area contributed by atoms with Crippen molar-refractivity contribution in [3.63, 3.8) is 0 Å². The Morgan fingerprint density at radius 3 is 2.62 bits per heavy atom. The molecule has 0 saturated heterocycles. The number of amides is 1. The van der Waals surface area contributed by atoms with E-state index in [0.717, 1.165) is 27.5 Å². The van der Waals surface area contributed by atoms with Crippen molar-refractivity contribution in [2.75, 3.05) is 7.11 Å². The number of hydrogen-bond donors (Lipinski definition) is 1. The molecule has 170 valence electrons. The maximum Gasteiger partial charge on any atom is 0.276 e. The van der Waals surface area contributed by atoms with Crippen LogP contribution in [-0.4, -0.2) is 29.4 Å². The van der Waals surface area contributed by atoms with E-state index in [2.05, 4.69) is 5.32 Å². The average molecular weight is 489 g/mol. The van der Waals surface area contributed by atoms with Crippen LogP contribution in [0.2, 0.25) is 5.02 Å². The maximum atomic E-state index is 13.2. The SMILES string of the molecule is COc1ccc(/C=C/[C@@H]2N=c3ccccc3=C3C(=O)NC(SCc4ccc(Cl)cc4)=NN32)cc1. The second kappa shape index (κ2) is 9.75. The Morgan fingerprint density at radius 1 is 1.09 bits per heavy atom. The molecule has 0 saturated carbocycles. The first-order chi connectivity index (χ1) is 16.6. The molecule has 0 aromatic heterocycles. The summed E-state index contributed by atoms with van der Waals surface area (Å²) in [4.78, 5) is 18.0. The highest BCUT2D eigenvalue weighted by Gasteiger charge is 2.32. The third-order valence-electron chi connectivity index (χ3n) is 5.41. The standard InChI is InChI=1S/C26H21ClN4O2S/c1-33-20-13-8-17(9-14-20)10-15-23-28-22-5-3-2-4-21(22)24-25(32)29-26(30-31(23)24)34-16-18-6-11-19(27)12-7-18/h2-15,23H,16H2,1H3,(H,29,30,32)/b15-10+/t23-/m1/s1. The number of hydrazone groups is 1. The van der Waals surface area contributed by atoms with Crippen molar-refractivity contribution in [1.29, 1.82) is 0 Å². The maximum absolute atomic E-state index is 13.2. The minimum Gasteiger partial charge on any atom is -0.497 e. The fourth-order valence-electron chi connectivity index (χ4n) is 3.69. The molecule has 0 aliphatic carbocycles. The van der Waals surface area contributed by atoms with Crippen LogP contribution in [0.25, 0.3) is 11.8 Å². The number of carbonyl (C=O) groups excluding carboxylic acids is 1. The van der Waals surface area contributed by atoms with Gasteiger partial charge in [-0.15, -0.1) is 5.10 Å². The topological polar surface area (TPSA) is 66.3 Å². The van der Waals surface area contributed by atoms with E-state index >= 15 is 0 Å². The van der Waals surface area contributed by atoms with Gasteiger partial charge >= 0.3 is 0 Å². The average Bonchev–Trinajstić information content (AvgIpc) is 2.87. The van der Waals surface area contributed by atoms with Crippen LogP contribution in [-0.2, 0) is 10.5 Å². The van der Waals surface area contributed by atoms with Crippen LogP contribution < -0.4 is 20.6 Å². The first kappa shape index (κ1) is 22.3. The molecule has 3 aromatic rings. The first-order valence-electron chi connectivity index (χ1n) is 10.7. The van der Waals surface area contributed by atoms with Gasteiger partial charge in [-0.25, -0.2) is 5.01 Å². The van der Waals surface area contributed by atoms with E-state index in [1.54, 1.807) is 12.1 Å². The summed E-state index contributed by atoms with van der Waals surface area (Å²) in [6.07, 6.45) is 3.47. The molecule has 6 nitrogen and oxygen atoms in total. The lowest BCUT2D eigenvalue weighted by Gasteiger charge is -2.32. The van der Waals surface area contributed by atoms with Crippen LogP contribution in [0.15, 0.2) is 89.0 Å². The lowest BCUT2D eigenvalue weighted by Crippen LogP contribution is -2.52. The largest absolute Gasteiger partial charge is 0.497 e. The van der Waals surface area contributed by atoms with Gasteiger partial charge in [-0.2, -0.15) is 0 Å². The molecule has 3 aromatic carbocycles. The zero-order valence-electron chi connectivity index (χ0n) is 18.3. The summed E-state index contributed by atoms with van der Waals surface area (Å²) in [6.45, 7) is 0. The summed E-state index contributed by atoms with van der Waals surface area (Å²) in [5.41, 5.74) is 2.58. The van der Waals surface area contributed by atoms with Gasteiger partial charge in [0.2, 0.25) is 0 Å². The smallest absolute Gasteiger partial charge is 0.276 e. The van der Waals surface area contributed by atoms with E-state index in [4.69, 9.17) is 26.4 Å². The molecule has 2 aliphatic rings. The predicted molar refractivity (Wildman–Crippen MR) is 137 cm³/mol. The number of rotatable bonds is 5. The number of amidine groups is 1. The van der Waals surface area contributed by atoms with Gasteiger partial charge in [0.1, 0.15) is 11.4 Å². The molecule has 1 N–H and O–H groups in total. The van der Waals surface area contributed by atoms with E-state index < -0.39 is 6.17 Å². The van der Waals surface area contributed by atoms with Gasteiger partial charge in [0.25, 0.3) is 5.91 Å². The van der Waals surface area contributed by atoms with Gasteiger partial charge in [-0.1, -0.05) is 71.9 Å². The van der Waals surface area contributed by atoms with Crippen LogP contribution in [0.1, 0.15) is 11.1 Å². The number of fused-ring (bicyclic) bond motifs is 2. The zero-order chi connectivity index (χ0) is 23.5. The van der Waals surface area contributed by atoms with Crippen molar-refractivity contribution < 1.29 is 9.53 Å². The quantitative estimate of drug-likeness (QED) is 0.593. The van der Waals surface area contributed by atoms with Gasteiger partial charge < -0.3 is 4.74 Å². The molecule has 0 unspecified atom stereocenters. The van der Waals surface area contributed by atoms with Crippen LogP contribution in [0.4, 0.5) is 0 Å². The molecule has 0 radical (unpaired) electrons. The molecule has 2 heterocycles. The normalized spacial score (nSPS) is 16.9. The molecule has 0 fully saturated rings. The summed E-state index contributed by atoms with van der Waals surface area (Å²) < 4.78 is 5.23. The molecule has 1 amide bonds. The minimum atomic E-state index is -0.454. The third kappa shape index (κ3) is 4.71. The molecule has 34 heavy (non-hydrogen) atoms. The fourth-order valence-corrected chi connectivity index (χ4v) is 4.62. The van der Waals surface area contributed by atoms with E-state index in [-0.39, 0.29) is 5.91 Å². The molecule has 0 spiro atoms. The summed E-state index contributed by atoms with van der Waals surface area (Å²) in [5.74, 6) is 1.25. The van der Waals surface area contributed by atoms with Crippen LogP contribution in [0.3, 0.4) is 0 Å². The molecule has 8 heteroatoms. The molecule has 0 bridgehead atoms. The number of thioether (sulfide) groups is 1. The van der Waals surface area contributed by atoms with Gasteiger partial charge in [0, 0.05) is 16.0 Å². The second-order valence-electron chi connectivity index (χ2n) is 7.66. The van der Waals surface area contributed by atoms with E-state index in [9.17, 15) is 4.79 Å². The molecule has 2 aliphatic heterocycles. The highest BCUT2D eigenvalue weighted by molar-refractivity contribution is 8.13. The zero-order valence-corrected chi connectivity index (χ0v) is 19.9. The highest BCUT2D eigenvalue weighted by Crippen LogP contribution is 2.24. The Kier molecular flexibility index (Phi) is 6.38. The summed E-state index contributed by atoms with van der Waals surface area (Å²) in [7, 11) is 1.64. The monoisotopic (exact) mass is 488 g/mol. The van der Waals surface area contributed by atoms with Crippen LogP contribution in [0, 0.1) is 0 Å². The minimum absolute atomic E-state index is 0.196. The number of benzene rings is 3. The van der Waals surface area contributed by atoms with Crippen LogP contribution in [0.5, 0.6) is 5.75 Å². The molecule has 1 atom stereocenters. The van der Waals surface area contributed by atoms with Crippen molar-refractivity contribution in [3.8, 4) is 5.75 Å². The number of carbonyl (C=O) groups is 1. The van der Waals surface area contributed by atoms with Gasteiger partial charge in [0.15, 0.2) is 11.3 Å². The Balaban J connectivity index is 1.47. The van der Waals surface area contributed by atoms with Crippen molar-refractivity contribution in [2.45, 2.75) is 11.9 Å². The molecular formula is C26H21ClN4O2S. The van der Waals surface area contributed by atoms with Crippen molar-refractivity contribution in [1.82, 2.24) is 10.3 Å². The summed E-state index contributed by atoms with van der Waals surface area (Å²) in [5, 5.41) is 12.1. The Hall–Kier alpha value is -3.55. The molecule has 5 rings (SSSR count). The van der Waals surface area contributed by atoms with E-state index in [1.165, 1.54) is 11.8 Å². The van der Waals surface area contributed by atoms with Crippen molar-refractivity contribution in [2.24, 2.45) is 10.1 Å². The number of hydrogen-bond acceptors (Lipinski definition) is 6. The number of nitrogens with zero attached hydrogens (tertiary/aromatic N) is 3. The number of ether oxygens (including phenoxy) is 1. The van der Waals surface area contributed by atoms with Crippen LogP contribution >= 0.6 is 23.4 Å². The number of para-hydroxylation sites is 1. The van der Waals surface area contributed by atoms with Gasteiger partial charge in [0.05, 0.1) is 12.5 Å². The predicted octanol–water partition coefficient (Wildman–Crippen LogP) is 3.77. The Labute approximate surface area is 206 Å².